The summed E-state index contributed by atoms with van der Waals surface area (Å²) < 4.78 is 39.5. The van der Waals surface area contributed by atoms with Crippen molar-refractivity contribution in [1.82, 2.24) is 15.5 Å². The minimum Gasteiger partial charge on any atom is -0.351 e. The van der Waals surface area contributed by atoms with Crippen molar-refractivity contribution in [2.45, 2.75) is 19.8 Å². The van der Waals surface area contributed by atoms with E-state index in [4.69, 9.17) is 0 Å². The second-order valence-corrected chi connectivity index (χ2v) is 4.76. The number of anilines is 2. The van der Waals surface area contributed by atoms with E-state index in [0.717, 1.165) is 25.0 Å². The zero-order valence-electron chi connectivity index (χ0n) is 12.4. The zero-order valence-corrected chi connectivity index (χ0v) is 12.4. The Morgan fingerprint density at radius 3 is 2.52 bits per heavy atom. The Balaban J connectivity index is 2.06. The first-order valence-corrected chi connectivity index (χ1v) is 7.05. The zero-order chi connectivity index (χ0) is 16.8. The predicted octanol–water partition coefficient (Wildman–Crippen LogP) is 3.17. The lowest BCUT2D eigenvalue weighted by Crippen LogP contribution is -2.25. The Kier molecular flexibility index (Phi) is 5.51. The van der Waals surface area contributed by atoms with E-state index in [9.17, 15) is 18.0 Å². The molecule has 122 valence electrons. The average molecular weight is 324 g/mol. The first-order valence-electron chi connectivity index (χ1n) is 7.05. The van der Waals surface area contributed by atoms with Gasteiger partial charge in [-0.25, -0.2) is 13.2 Å². The Labute approximate surface area is 130 Å². The lowest BCUT2D eigenvalue weighted by molar-refractivity contribution is 0.0947. The molecule has 2 aromatic rings. The Hall–Kier alpha value is -2.64. The van der Waals surface area contributed by atoms with Crippen LogP contribution in [0, 0.1) is 17.5 Å². The molecule has 0 radical (unpaired) electrons. The van der Waals surface area contributed by atoms with Gasteiger partial charge in [-0.15, -0.1) is 10.2 Å². The first kappa shape index (κ1) is 16.7. The highest BCUT2D eigenvalue weighted by atomic mass is 19.2. The van der Waals surface area contributed by atoms with Gasteiger partial charge in [-0.05, 0) is 30.7 Å². The summed E-state index contributed by atoms with van der Waals surface area (Å²) in [4.78, 5) is 11.7. The van der Waals surface area contributed by atoms with Crippen molar-refractivity contribution in [3.8, 4) is 0 Å². The molecule has 0 bridgehead atoms. The van der Waals surface area contributed by atoms with E-state index in [0.29, 0.717) is 6.54 Å². The standard InChI is InChI=1S/C15H15F3N4O/c1-2-3-8-19-15(23)11-6-7-12(22-21-11)20-10-5-4-9(16)13(17)14(10)18/h4-7H,2-3,8H2,1H3,(H,19,23)(H,20,22). The molecule has 23 heavy (non-hydrogen) atoms. The Bertz CT molecular complexity index is 692. The number of benzene rings is 1. The van der Waals surface area contributed by atoms with Gasteiger partial charge in [-0.1, -0.05) is 13.3 Å². The predicted molar refractivity (Wildman–Crippen MR) is 78.9 cm³/mol. The molecule has 1 aromatic carbocycles. The van der Waals surface area contributed by atoms with Crippen LogP contribution in [0.25, 0.3) is 0 Å². The maximum Gasteiger partial charge on any atom is 0.271 e. The second-order valence-electron chi connectivity index (χ2n) is 4.76. The number of hydrogen-bond acceptors (Lipinski definition) is 4. The smallest absolute Gasteiger partial charge is 0.271 e. The maximum atomic E-state index is 13.5. The molecule has 0 spiro atoms. The number of rotatable bonds is 6. The molecule has 0 saturated heterocycles. The SMILES string of the molecule is CCCCNC(=O)c1ccc(Nc2ccc(F)c(F)c2F)nn1. The summed E-state index contributed by atoms with van der Waals surface area (Å²) in [6.07, 6.45) is 1.81. The molecule has 1 heterocycles. The molecule has 2 rings (SSSR count). The number of carbonyl (C=O) groups is 1. The van der Waals surface area contributed by atoms with Crippen LogP contribution in [0.4, 0.5) is 24.7 Å². The summed E-state index contributed by atoms with van der Waals surface area (Å²) in [6, 6.07) is 4.63. The van der Waals surface area contributed by atoms with Gasteiger partial charge >= 0.3 is 0 Å². The van der Waals surface area contributed by atoms with E-state index in [1.54, 1.807) is 0 Å². The largest absolute Gasteiger partial charge is 0.351 e. The molecular formula is C15H15F3N4O. The van der Waals surface area contributed by atoms with Crippen LogP contribution >= 0.6 is 0 Å². The summed E-state index contributed by atoms with van der Waals surface area (Å²) in [7, 11) is 0. The van der Waals surface area contributed by atoms with Crippen molar-refractivity contribution in [1.29, 1.82) is 0 Å². The summed E-state index contributed by atoms with van der Waals surface area (Å²) in [5.41, 5.74) is -0.171. The van der Waals surface area contributed by atoms with Crippen molar-refractivity contribution in [3.63, 3.8) is 0 Å². The maximum absolute atomic E-state index is 13.5. The van der Waals surface area contributed by atoms with Gasteiger partial charge in [0.1, 0.15) is 0 Å². The van der Waals surface area contributed by atoms with Gasteiger partial charge in [0.15, 0.2) is 29.0 Å². The van der Waals surface area contributed by atoms with Crippen LogP contribution in [0.5, 0.6) is 0 Å². The number of carbonyl (C=O) groups excluding carboxylic acids is 1. The molecular weight excluding hydrogens is 309 g/mol. The third kappa shape index (κ3) is 4.18. The molecule has 0 aliphatic rings. The fraction of sp³-hybridized carbons (Fsp3) is 0.267. The fourth-order valence-corrected chi connectivity index (χ4v) is 1.75. The quantitative estimate of drug-likeness (QED) is 0.633. The van der Waals surface area contributed by atoms with E-state index in [1.165, 1.54) is 12.1 Å². The van der Waals surface area contributed by atoms with E-state index in [1.807, 2.05) is 6.92 Å². The molecule has 0 aliphatic heterocycles. The van der Waals surface area contributed by atoms with Crippen molar-refractivity contribution >= 4 is 17.4 Å². The van der Waals surface area contributed by atoms with Crippen molar-refractivity contribution < 1.29 is 18.0 Å². The molecule has 8 heteroatoms. The van der Waals surface area contributed by atoms with Gasteiger partial charge in [-0.2, -0.15) is 0 Å². The van der Waals surface area contributed by atoms with Gasteiger partial charge in [0.2, 0.25) is 0 Å². The van der Waals surface area contributed by atoms with E-state index in [-0.39, 0.29) is 23.1 Å². The summed E-state index contributed by atoms with van der Waals surface area (Å²) in [5, 5.41) is 12.6. The highest BCUT2D eigenvalue weighted by Gasteiger charge is 2.14. The highest BCUT2D eigenvalue weighted by molar-refractivity contribution is 5.92. The third-order valence-corrected chi connectivity index (χ3v) is 3.01. The molecule has 1 aromatic heterocycles. The lowest BCUT2D eigenvalue weighted by atomic mass is 10.2. The lowest BCUT2D eigenvalue weighted by Gasteiger charge is -2.08. The highest BCUT2D eigenvalue weighted by Crippen LogP contribution is 2.22. The molecule has 0 aliphatic carbocycles. The van der Waals surface area contributed by atoms with Gasteiger partial charge in [-0.3, -0.25) is 4.79 Å². The molecule has 0 atom stereocenters. The number of halogens is 3. The van der Waals surface area contributed by atoms with Gasteiger partial charge in [0.25, 0.3) is 5.91 Å². The van der Waals surface area contributed by atoms with Crippen molar-refractivity contribution in [2.24, 2.45) is 0 Å². The number of nitrogens with one attached hydrogen (secondary N) is 2. The number of unbranched alkanes of at least 4 members (excludes halogenated alkanes) is 1. The number of amides is 1. The van der Waals surface area contributed by atoms with E-state index >= 15 is 0 Å². The minimum absolute atomic E-state index is 0.0972. The first-order chi connectivity index (χ1) is 11.0. The molecule has 0 saturated carbocycles. The summed E-state index contributed by atoms with van der Waals surface area (Å²) in [5.74, 6) is -4.47. The van der Waals surface area contributed by atoms with Crippen LogP contribution in [0.1, 0.15) is 30.3 Å². The van der Waals surface area contributed by atoms with Crippen LogP contribution in [-0.2, 0) is 0 Å². The molecule has 1 amide bonds. The molecule has 2 N–H and O–H groups in total. The molecule has 0 fully saturated rings. The van der Waals surface area contributed by atoms with Gasteiger partial charge in [0, 0.05) is 6.54 Å². The fourth-order valence-electron chi connectivity index (χ4n) is 1.75. The normalized spacial score (nSPS) is 10.4. The molecule has 0 unspecified atom stereocenters. The minimum atomic E-state index is -1.57. The van der Waals surface area contributed by atoms with Gasteiger partial charge in [0.05, 0.1) is 5.69 Å². The van der Waals surface area contributed by atoms with Crippen LogP contribution in [0.15, 0.2) is 24.3 Å². The van der Waals surface area contributed by atoms with Crippen LogP contribution in [0.2, 0.25) is 0 Å². The van der Waals surface area contributed by atoms with Crippen LogP contribution in [-0.4, -0.2) is 22.6 Å². The van der Waals surface area contributed by atoms with Gasteiger partial charge < -0.3 is 10.6 Å². The van der Waals surface area contributed by atoms with Crippen LogP contribution in [0.3, 0.4) is 0 Å². The number of nitrogens with zero attached hydrogens (tertiary/aromatic N) is 2. The summed E-state index contributed by atoms with van der Waals surface area (Å²) in [6.45, 7) is 2.54. The molecule has 5 nitrogen and oxygen atoms in total. The summed E-state index contributed by atoms with van der Waals surface area (Å²) >= 11 is 0. The van der Waals surface area contributed by atoms with Crippen molar-refractivity contribution in [3.05, 3.63) is 47.4 Å². The second kappa shape index (κ2) is 7.57. The number of aromatic nitrogens is 2. The average Bonchev–Trinajstić information content (AvgIpc) is 2.56. The monoisotopic (exact) mass is 324 g/mol. The Morgan fingerprint density at radius 1 is 1.09 bits per heavy atom. The van der Waals surface area contributed by atoms with Crippen LogP contribution < -0.4 is 10.6 Å². The number of hydrogen-bond donors (Lipinski definition) is 2. The Morgan fingerprint density at radius 2 is 1.87 bits per heavy atom. The topological polar surface area (TPSA) is 66.9 Å². The third-order valence-electron chi connectivity index (χ3n) is 3.01. The van der Waals surface area contributed by atoms with E-state index < -0.39 is 17.5 Å². The van der Waals surface area contributed by atoms with Crippen molar-refractivity contribution in [2.75, 3.05) is 11.9 Å². The van der Waals surface area contributed by atoms with E-state index in [2.05, 4.69) is 20.8 Å².